The first-order valence-corrected chi connectivity index (χ1v) is 6.10. The lowest BCUT2D eigenvalue weighted by atomic mass is 10.2. The van der Waals surface area contributed by atoms with E-state index in [0.29, 0.717) is 11.6 Å². The average Bonchev–Trinajstić information content (AvgIpc) is 2.71. The predicted octanol–water partition coefficient (Wildman–Crippen LogP) is 1.74. The Morgan fingerprint density at radius 1 is 1.53 bits per heavy atom. The fourth-order valence-corrected chi connectivity index (χ4v) is 1.80. The summed E-state index contributed by atoms with van der Waals surface area (Å²) >= 11 is 5.90. The number of hydrogen-bond donors (Lipinski definition) is 1. The molecule has 2 aromatic rings. The fraction of sp³-hybridized carbons (Fsp3) is 0.250. The Labute approximate surface area is 115 Å². The molecule has 0 fully saturated rings. The van der Waals surface area contributed by atoms with Crippen LogP contribution < -0.4 is 5.73 Å². The summed E-state index contributed by atoms with van der Waals surface area (Å²) in [4.78, 5) is 11.5. The van der Waals surface area contributed by atoms with E-state index in [2.05, 4.69) is 10.3 Å². The van der Waals surface area contributed by atoms with Gasteiger partial charge in [-0.1, -0.05) is 28.9 Å². The molecule has 2 N–H and O–H groups in total. The number of aromatic nitrogens is 3. The second kappa shape index (κ2) is 5.71. The molecule has 7 heteroatoms. The second-order valence-electron chi connectivity index (χ2n) is 3.83. The van der Waals surface area contributed by atoms with E-state index in [-0.39, 0.29) is 18.1 Å². The van der Waals surface area contributed by atoms with Crippen molar-refractivity contribution in [2.24, 2.45) is 0 Å². The molecule has 6 nitrogen and oxygen atoms in total. The molecular weight excluding hydrogens is 268 g/mol. The number of halogens is 1. The summed E-state index contributed by atoms with van der Waals surface area (Å²) in [6.45, 7) is 2.36. The highest BCUT2D eigenvalue weighted by molar-refractivity contribution is 6.30. The van der Waals surface area contributed by atoms with E-state index in [9.17, 15) is 4.79 Å². The van der Waals surface area contributed by atoms with Crippen LogP contribution in [0.25, 0.3) is 0 Å². The highest BCUT2D eigenvalue weighted by Crippen LogP contribution is 2.15. The first-order chi connectivity index (χ1) is 9.11. The van der Waals surface area contributed by atoms with Crippen molar-refractivity contribution in [2.75, 3.05) is 12.3 Å². The van der Waals surface area contributed by atoms with Gasteiger partial charge in [-0.2, -0.15) is 0 Å². The van der Waals surface area contributed by atoms with E-state index in [0.717, 1.165) is 5.56 Å². The lowest BCUT2D eigenvalue weighted by Crippen LogP contribution is -2.10. The molecule has 19 heavy (non-hydrogen) atoms. The molecule has 0 saturated heterocycles. The maximum absolute atomic E-state index is 11.5. The highest BCUT2D eigenvalue weighted by atomic mass is 35.5. The van der Waals surface area contributed by atoms with Crippen molar-refractivity contribution in [3.63, 3.8) is 0 Å². The average molecular weight is 281 g/mol. The number of rotatable bonds is 4. The molecule has 1 aromatic carbocycles. The quantitative estimate of drug-likeness (QED) is 0.863. The van der Waals surface area contributed by atoms with E-state index in [1.165, 1.54) is 4.68 Å². The Hall–Kier alpha value is -2.08. The maximum Gasteiger partial charge on any atom is 0.362 e. The third-order valence-corrected chi connectivity index (χ3v) is 2.70. The number of nitrogens with two attached hydrogens (primary N) is 1. The van der Waals surface area contributed by atoms with Crippen LogP contribution in [0, 0.1) is 0 Å². The molecule has 0 amide bonds. The van der Waals surface area contributed by atoms with E-state index < -0.39 is 5.97 Å². The second-order valence-corrected chi connectivity index (χ2v) is 4.27. The van der Waals surface area contributed by atoms with Crippen LogP contribution in [-0.4, -0.2) is 27.6 Å². The summed E-state index contributed by atoms with van der Waals surface area (Å²) in [5.74, 6) is -0.393. The molecule has 0 unspecified atom stereocenters. The van der Waals surface area contributed by atoms with Gasteiger partial charge in [-0.25, -0.2) is 9.48 Å². The minimum absolute atomic E-state index is 0.0314. The molecule has 2 rings (SSSR count). The smallest absolute Gasteiger partial charge is 0.362 e. The van der Waals surface area contributed by atoms with Crippen molar-refractivity contribution < 1.29 is 9.53 Å². The normalized spacial score (nSPS) is 10.4. The van der Waals surface area contributed by atoms with Gasteiger partial charge in [0, 0.05) is 5.02 Å². The molecule has 100 valence electrons. The molecule has 1 aromatic heterocycles. The van der Waals surface area contributed by atoms with Crippen LogP contribution in [-0.2, 0) is 11.3 Å². The standard InChI is InChI=1S/C12H13ClN4O2/c1-2-19-12(18)10-11(14)17(16-15-10)7-8-4-3-5-9(13)6-8/h3-6H,2,7,14H2,1H3. The first-order valence-electron chi connectivity index (χ1n) is 5.72. The Kier molecular flexibility index (Phi) is 4.01. The topological polar surface area (TPSA) is 83.0 Å². The number of hydrogen-bond acceptors (Lipinski definition) is 5. The molecule has 0 aliphatic heterocycles. The molecule has 0 aliphatic rings. The number of ether oxygens (including phenoxy) is 1. The van der Waals surface area contributed by atoms with Gasteiger partial charge in [0.2, 0.25) is 5.69 Å². The molecule has 0 spiro atoms. The van der Waals surface area contributed by atoms with E-state index >= 15 is 0 Å². The minimum atomic E-state index is -0.572. The lowest BCUT2D eigenvalue weighted by Gasteiger charge is -2.04. The third-order valence-electron chi connectivity index (χ3n) is 2.46. The summed E-state index contributed by atoms with van der Waals surface area (Å²) in [6.07, 6.45) is 0. The number of benzene rings is 1. The lowest BCUT2D eigenvalue weighted by molar-refractivity contribution is 0.0520. The zero-order valence-electron chi connectivity index (χ0n) is 10.3. The third kappa shape index (κ3) is 3.03. The van der Waals surface area contributed by atoms with Gasteiger partial charge < -0.3 is 10.5 Å². The van der Waals surface area contributed by atoms with Crippen molar-refractivity contribution in [3.8, 4) is 0 Å². The highest BCUT2D eigenvalue weighted by Gasteiger charge is 2.18. The van der Waals surface area contributed by atoms with E-state index in [1.54, 1.807) is 19.1 Å². The number of esters is 1. The molecule has 0 aliphatic carbocycles. The van der Waals surface area contributed by atoms with Crippen LogP contribution in [0.15, 0.2) is 24.3 Å². The zero-order valence-corrected chi connectivity index (χ0v) is 11.1. The van der Waals surface area contributed by atoms with Crippen molar-refractivity contribution in [1.82, 2.24) is 15.0 Å². The summed E-state index contributed by atoms with van der Waals surface area (Å²) in [7, 11) is 0. The molecule has 0 atom stereocenters. The van der Waals surface area contributed by atoms with E-state index in [1.807, 2.05) is 12.1 Å². The van der Waals surface area contributed by atoms with Crippen LogP contribution in [0.3, 0.4) is 0 Å². The van der Waals surface area contributed by atoms with Crippen LogP contribution in [0.4, 0.5) is 5.82 Å². The summed E-state index contributed by atoms with van der Waals surface area (Å²) in [6, 6.07) is 7.29. The predicted molar refractivity (Wildman–Crippen MR) is 70.9 cm³/mol. The monoisotopic (exact) mass is 280 g/mol. The van der Waals surface area contributed by atoms with Crippen LogP contribution in [0.5, 0.6) is 0 Å². The number of nitrogens with zero attached hydrogens (tertiary/aromatic N) is 3. The van der Waals surface area contributed by atoms with Gasteiger partial charge in [-0.05, 0) is 24.6 Å². The van der Waals surface area contributed by atoms with Crippen LogP contribution >= 0.6 is 11.6 Å². The number of anilines is 1. The number of carbonyl (C=O) groups is 1. The van der Waals surface area contributed by atoms with E-state index in [4.69, 9.17) is 22.1 Å². The van der Waals surface area contributed by atoms with Crippen molar-refractivity contribution in [1.29, 1.82) is 0 Å². The SMILES string of the molecule is CCOC(=O)c1nnn(Cc2cccc(Cl)c2)c1N. The van der Waals surface area contributed by atoms with Gasteiger partial charge in [0.05, 0.1) is 13.2 Å². The first kappa shape index (κ1) is 13.4. The maximum atomic E-state index is 11.5. The Morgan fingerprint density at radius 2 is 2.32 bits per heavy atom. The number of carbonyl (C=O) groups excluding carboxylic acids is 1. The van der Waals surface area contributed by atoms with Crippen LogP contribution in [0.2, 0.25) is 5.02 Å². The van der Waals surface area contributed by atoms with Crippen molar-refractivity contribution in [3.05, 3.63) is 40.5 Å². The van der Waals surface area contributed by atoms with Crippen molar-refractivity contribution >= 4 is 23.4 Å². The molecule has 0 radical (unpaired) electrons. The fourth-order valence-electron chi connectivity index (χ4n) is 1.59. The Balaban J connectivity index is 2.20. The van der Waals surface area contributed by atoms with Gasteiger partial charge in [-0.3, -0.25) is 0 Å². The molecule has 0 saturated carbocycles. The zero-order chi connectivity index (χ0) is 13.8. The van der Waals surface area contributed by atoms with Gasteiger partial charge in [0.1, 0.15) is 0 Å². The van der Waals surface area contributed by atoms with Gasteiger partial charge in [0.25, 0.3) is 0 Å². The molecular formula is C12H13ClN4O2. The Bertz CT molecular complexity index is 597. The largest absolute Gasteiger partial charge is 0.461 e. The minimum Gasteiger partial charge on any atom is -0.461 e. The van der Waals surface area contributed by atoms with Crippen LogP contribution in [0.1, 0.15) is 23.0 Å². The Morgan fingerprint density at radius 3 is 3.00 bits per heavy atom. The van der Waals surface area contributed by atoms with Gasteiger partial charge in [0.15, 0.2) is 5.82 Å². The molecule has 1 heterocycles. The summed E-state index contributed by atoms with van der Waals surface area (Å²) < 4.78 is 6.26. The summed E-state index contributed by atoms with van der Waals surface area (Å²) in [5, 5.41) is 8.20. The van der Waals surface area contributed by atoms with Gasteiger partial charge in [-0.15, -0.1) is 5.10 Å². The van der Waals surface area contributed by atoms with Gasteiger partial charge >= 0.3 is 5.97 Å². The summed E-state index contributed by atoms with van der Waals surface area (Å²) in [5.41, 5.74) is 6.77. The van der Waals surface area contributed by atoms with Crippen molar-refractivity contribution in [2.45, 2.75) is 13.5 Å². The molecule has 0 bridgehead atoms. The number of nitrogen functional groups attached to an aromatic ring is 1.